The Labute approximate surface area is 82.3 Å². The van der Waals surface area contributed by atoms with Gasteiger partial charge in [-0.05, 0) is 19.1 Å². The lowest BCUT2D eigenvalue weighted by Crippen LogP contribution is -2.14. The maximum Gasteiger partial charge on any atom is 0.373 e. The second-order valence-corrected chi connectivity index (χ2v) is 2.64. The molecule has 0 radical (unpaired) electrons. The molecule has 0 heterocycles. The Kier molecular flexibility index (Phi) is 4.10. The molecule has 0 saturated heterocycles. The van der Waals surface area contributed by atoms with Crippen LogP contribution in [0.25, 0.3) is 0 Å². The Hall–Kier alpha value is -1.39. The van der Waals surface area contributed by atoms with Gasteiger partial charge in [0.2, 0.25) is 0 Å². The van der Waals surface area contributed by atoms with Gasteiger partial charge in [-0.1, -0.05) is 18.2 Å². The van der Waals surface area contributed by atoms with Gasteiger partial charge >= 0.3 is 5.97 Å². The first-order chi connectivity index (χ1) is 6.74. The van der Waals surface area contributed by atoms with Gasteiger partial charge in [0.25, 0.3) is 0 Å². The number of benzene rings is 1. The van der Waals surface area contributed by atoms with Crippen LogP contribution < -0.4 is 0 Å². The normalized spacial score (nSPS) is 12.1. The first-order valence-electron chi connectivity index (χ1n) is 4.19. The summed E-state index contributed by atoms with van der Waals surface area (Å²) in [5, 5.41) is 0. The first-order valence-corrected chi connectivity index (χ1v) is 4.19. The zero-order valence-corrected chi connectivity index (χ0v) is 8.10. The number of ether oxygens (including phenoxy) is 1. The van der Waals surface area contributed by atoms with Crippen molar-refractivity contribution in [3.63, 3.8) is 0 Å². The van der Waals surface area contributed by atoms with Gasteiger partial charge in [-0.3, -0.25) is 4.89 Å². The molecule has 0 saturated carbocycles. The predicted octanol–water partition coefficient (Wildman–Crippen LogP) is 1.77. The smallest absolute Gasteiger partial charge is 0.352 e. The van der Waals surface area contributed by atoms with E-state index in [4.69, 9.17) is 4.74 Å². The van der Waals surface area contributed by atoms with Gasteiger partial charge in [0.05, 0.1) is 5.56 Å². The molecule has 4 nitrogen and oxygen atoms in total. The van der Waals surface area contributed by atoms with E-state index >= 15 is 0 Å². The quantitative estimate of drug-likeness (QED) is 0.418. The summed E-state index contributed by atoms with van der Waals surface area (Å²) in [6.45, 7) is 1.62. The molecule has 1 unspecified atom stereocenters. The molecule has 0 spiro atoms. The van der Waals surface area contributed by atoms with Crippen LogP contribution in [0.15, 0.2) is 30.3 Å². The van der Waals surface area contributed by atoms with Crippen molar-refractivity contribution in [1.29, 1.82) is 0 Å². The monoisotopic (exact) mass is 196 g/mol. The van der Waals surface area contributed by atoms with E-state index < -0.39 is 12.3 Å². The third kappa shape index (κ3) is 3.16. The number of carbonyl (C=O) groups is 1. The zero-order valence-electron chi connectivity index (χ0n) is 8.10. The van der Waals surface area contributed by atoms with E-state index in [2.05, 4.69) is 9.78 Å². The summed E-state index contributed by atoms with van der Waals surface area (Å²) in [6.07, 6.45) is -0.567. The van der Waals surface area contributed by atoms with Crippen LogP contribution in [0.1, 0.15) is 17.3 Å². The number of hydrogen-bond acceptors (Lipinski definition) is 4. The first kappa shape index (κ1) is 10.7. The maximum atomic E-state index is 11.3. The SMILES string of the molecule is COC(C)OOC(=O)c1ccccc1. The molecule has 1 atom stereocenters. The highest BCUT2D eigenvalue weighted by Crippen LogP contribution is 2.02. The van der Waals surface area contributed by atoms with Crippen LogP contribution in [0.3, 0.4) is 0 Å². The van der Waals surface area contributed by atoms with Gasteiger partial charge in [0.1, 0.15) is 0 Å². The molecule has 76 valence electrons. The van der Waals surface area contributed by atoms with E-state index in [-0.39, 0.29) is 0 Å². The molecule has 0 aliphatic heterocycles. The lowest BCUT2D eigenvalue weighted by atomic mass is 10.2. The van der Waals surface area contributed by atoms with Crippen molar-refractivity contribution in [2.24, 2.45) is 0 Å². The lowest BCUT2D eigenvalue weighted by molar-refractivity contribution is -0.327. The second-order valence-electron chi connectivity index (χ2n) is 2.64. The fraction of sp³-hybridized carbons (Fsp3) is 0.300. The fourth-order valence-electron chi connectivity index (χ4n) is 0.773. The second kappa shape index (κ2) is 5.36. The van der Waals surface area contributed by atoms with Gasteiger partial charge in [-0.25, -0.2) is 4.79 Å². The third-order valence-corrected chi connectivity index (χ3v) is 1.60. The Morgan fingerprint density at radius 1 is 1.29 bits per heavy atom. The standard InChI is InChI=1S/C10H12O4/c1-8(12-2)13-14-10(11)9-6-4-3-5-7-9/h3-8H,1-2H3. The third-order valence-electron chi connectivity index (χ3n) is 1.60. The van der Waals surface area contributed by atoms with Crippen molar-refractivity contribution in [3.8, 4) is 0 Å². The topological polar surface area (TPSA) is 44.8 Å². The number of rotatable bonds is 4. The lowest BCUT2D eigenvalue weighted by Gasteiger charge is -2.08. The van der Waals surface area contributed by atoms with E-state index in [0.29, 0.717) is 5.56 Å². The molecule has 0 amide bonds. The molecule has 1 aromatic carbocycles. The van der Waals surface area contributed by atoms with Crippen molar-refractivity contribution in [2.45, 2.75) is 13.2 Å². The van der Waals surface area contributed by atoms with Crippen molar-refractivity contribution in [2.75, 3.05) is 7.11 Å². The number of methoxy groups -OCH3 is 1. The molecule has 14 heavy (non-hydrogen) atoms. The Bertz CT molecular complexity index is 283. The summed E-state index contributed by atoms with van der Waals surface area (Å²) in [4.78, 5) is 20.4. The van der Waals surface area contributed by atoms with Crippen LogP contribution in [0.2, 0.25) is 0 Å². The summed E-state index contributed by atoms with van der Waals surface area (Å²) in [7, 11) is 1.46. The van der Waals surface area contributed by atoms with Gasteiger partial charge in [0, 0.05) is 7.11 Å². The largest absolute Gasteiger partial charge is 0.373 e. The summed E-state index contributed by atoms with van der Waals surface area (Å²) in [5.74, 6) is -0.533. The van der Waals surface area contributed by atoms with Crippen LogP contribution in [-0.2, 0) is 14.5 Å². The zero-order chi connectivity index (χ0) is 10.4. The van der Waals surface area contributed by atoms with Crippen molar-refractivity contribution in [1.82, 2.24) is 0 Å². The van der Waals surface area contributed by atoms with Crippen LogP contribution in [0.5, 0.6) is 0 Å². The van der Waals surface area contributed by atoms with E-state index in [1.807, 2.05) is 6.07 Å². The molecule has 1 aromatic rings. The molecule has 0 aromatic heterocycles. The van der Waals surface area contributed by atoms with Crippen LogP contribution in [0.4, 0.5) is 0 Å². The van der Waals surface area contributed by atoms with E-state index in [9.17, 15) is 4.79 Å². The highest BCUT2D eigenvalue weighted by molar-refractivity contribution is 5.88. The minimum absolute atomic E-state index is 0.441. The van der Waals surface area contributed by atoms with Crippen molar-refractivity contribution >= 4 is 5.97 Å². The van der Waals surface area contributed by atoms with Crippen molar-refractivity contribution < 1.29 is 19.3 Å². The summed E-state index contributed by atoms with van der Waals surface area (Å²) in [5.41, 5.74) is 0.441. The average Bonchev–Trinajstić information content (AvgIpc) is 2.26. The Morgan fingerprint density at radius 2 is 1.93 bits per heavy atom. The Morgan fingerprint density at radius 3 is 2.50 bits per heavy atom. The fourth-order valence-corrected chi connectivity index (χ4v) is 0.773. The van der Waals surface area contributed by atoms with Crippen molar-refractivity contribution in [3.05, 3.63) is 35.9 Å². The summed E-state index contributed by atoms with van der Waals surface area (Å²) < 4.78 is 4.74. The molecule has 0 bridgehead atoms. The summed E-state index contributed by atoms with van der Waals surface area (Å²) >= 11 is 0. The molecule has 0 fully saturated rings. The highest BCUT2D eigenvalue weighted by Gasteiger charge is 2.09. The predicted molar refractivity (Wildman–Crippen MR) is 49.4 cm³/mol. The highest BCUT2D eigenvalue weighted by atomic mass is 17.2. The van der Waals surface area contributed by atoms with Gasteiger partial charge < -0.3 is 4.74 Å². The summed E-state index contributed by atoms with van der Waals surface area (Å²) in [6, 6.07) is 8.59. The number of carbonyl (C=O) groups excluding carboxylic acids is 1. The maximum absolute atomic E-state index is 11.3. The minimum atomic E-state index is -0.567. The molecular weight excluding hydrogens is 184 g/mol. The van der Waals surface area contributed by atoms with E-state index in [1.54, 1.807) is 31.2 Å². The average molecular weight is 196 g/mol. The Balaban J connectivity index is 2.44. The molecular formula is C10H12O4. The van der Waals surface area contributed by atoms with Gasteiger partial charge in [-0.2, -0.15) is 4.89 Å². The number of hydrogen-bond donors (Lipinski definition) is 0. The van der Waals surface area contributed by atoms with E-state index in [1.165, 1.54) is 7.11 Å². The minimum Gasteiger partial charge on any atom is -0.352 e. The van der Waals surface area contributed by atoms with Gasteiger partial charge in [-0.15, -0.1) is 0 Å². The van der Waals surface area contributed by atoms with Crippen LogP contribution >= 0.6 is 0 Å². The van der Waals surface area contributed by atoms with E-state index in [0.717, 1.165) is 0 Å². The van der Waals surface area contributed by atoms with Gasteiger partial charge in [0.15, 0.2) is 6.29 Å². The molecule has 0 aliphatic rings. The van der Waals surface area contributed by atoms with Crippen LogP contribution in [0, 0.1) is 0 Å². The van der Waals surface area contributed by atoms with Crippen LogP contribution in [-0.4, -0.2) is 19.4 Å². The molecule has 4 heteroatoms. The molecule has 0 N–H and O–H groups in total. The molecule has 0 aliphatic carbocycles. The molecule has 1 rings (SSSR count).